The molecule has 31 heavy (non-hydrogen) atoms. The second-order valence-electron chi connectivity index (χ2n) is 7.74. The molecule has 0 aromatic heterocycles. The summed E-state index contributed by atoms with van der Waals surface area (Å²) in [6, 6.07) is 13.1. The third kappa shape index (κ3) is 5.70. The van der Waals surface area contributed by atoms with Gasteiger partial charge in [0.15, 0.2) is 0 Å². The van der Waals surface area contributed by atoms with E-state index < -0.39 is 10.0 Å². The van der Waals surface area contributed by atoms with Gasteiger partial charge in [-0.3, -0.25) is 9.69 Å². The minimum atomic E-state index is -3.51. The molecule has 0 aliphatic carbocycles. The summed E-state index contributed by atoms with van der Waals surface area (Å²) in [5.41, 5.74) is 1.25. The number of halogens is 1. The van der Waals surface area contributed by atoms with Gasteiger partial charge in [-0.25, -0.2) is 12.8 Å². The molecule has 0 radical (unpaired) electrons. The number of rotatable bonds is 8. The molecule has 0 spiro atoms. The van der Waals surface area contributed by atoms with Crippen molar-refractivity contribution < 1.29 is 17.6 Å². The molecule has 3 rings (SSSR count). The zero-order chi connectivity index (χ0) is 22.4. The Labute approximate surface area is 184 Å². The second kappa shape index (κ2) is 10.3. The first-order valence-corrected chi connectivity index (χ1v) is 12.2. The molecule has 1 amide bonds. The third-order valence-electron chi connectivity index (χ3n) is 5.78. The first-order valence-electron chi connectivity index (χ1n) is 10.7. The smallest absolute Gasteiger partial charge is 0.243 e. The maximum Gasteiger partial charge on any atom is 0.243 e. The maximum atomic E-state index is 13.8. The molecule has 0 saturated carbocycles. The van der Waals surface area contributed by atoms with Gasteiger partial charge >= 0.3 is 0 Å². The highest BCUT2D eigenvalue weighted by Crippen LogP contribution is 2.23. The summed E-state index contributed by atoms with van der Waals surface area (Å²) in [5, 5.41) is 2.90. The average Bonchev–Trinajstić information content (AvgIpc) is 2.77. The molecule has 1 aliphatic rings. The Bertz CT molecular complexity index is 983. The van der Waals surface area contributed by atoms with Gasteiger partial charge in [-0.15, -0.1) is 0 Å². The Morgan fingerprint density at radius 3 is 2.26 bits per heavy atom. The fourth-order valence-electron chi connectivity index (χ4n) is 3.89. The molecule has 0 atom stereocenters. The number of likely N-dealkylation sites (tertiary alicyclic amines) is 1. The van der Waals surface area contributed by atoms with Crippen LogP contribution in [0, 0.1) is 11.7 Å². The Balaban J connectivity index is 1.54. The van der Waals surface area contributed by atoms with E-state index in [2.05, 4.69) is 10.2 Å². The lowest BCUT2D eigenvalue weighted by Crippen LogP contribution is -2.37. The monoisotopic (exact) mass is 447 g/mol. The number of carbonyl (C=O) groups is 1. The predicted molar refractivity (Wildman–Crippen MR) is 120 cm³/mol. The molecule has 2 aromatic rings. The van der Waals surface area contributed by atoms with E-state index in [1.807, 2.05) is 6.07 Å². The molecule has 1 fully saturated rings. The van der Waals surface area contributed by atoms with E-state index in [1.165, 1.54) is 22.5 Å². The molecular formula is C23H30FN3O3S. The molecule has 1 heterocycles. The highest BCUT2D eigenvalue weighted by atomic mass is 32.2. The fourth-order valence-corrected chi connectivity index (χ4v) is 5.35. The zero-order valence-electron chi connectivity index (χ0n) is 18.1. The molecule has 2 aromatic carbocycles. The lowest BCUT2D eigenvalue weighted by molar-refractivity contribution is -0.121. The van der Waals surface area contributed by atoms with Crippen molar-refractivity contribution in [3.8, 4) is 0 Å². The fraction of sp³-hybridized carbons (Fsp3) is 0.435. The van der Waals surface area contributed by atoms with E-state index >= 15 is 0 Å². The minimum absolute atomic E-state index is 0.0649. The van der Waals surface area contributed by atoms with E-state index in [0.29, 0.717) is 43.7 Å². The molecule has 0 bridgehead atoms. The van der Waals surface area contributed by atoms with Crippen LogP contribution in [-0.2, 0) is 21.4 Å². The standard InChI is InChI=1S/C23H30FN3O3S/c1-3-27(4-2)31(29,30)21-11-9-20(10-12-21)25-23(28)18-13-15-26(16-14-18)17-19-7-5-6-8-22(19)24/h5-12,18H,3-4,13-17H2,1-2H3,(H,25,28). The quantitative estimate of drug-likeness (QED) is 0.670. The summed E-state index contributed by atoms with van der Waals surface area (Å²) >= 11 is 0. The largest absolute Gasteiger partial charge is 0.326 e. The number of benzene rings is 2. The first kappa shape index (κ1) is 23.4. The van der Waals surface area contributed by atoms with E-state index in [1.54, 1.807) is 38.1 Å². The highest BCUT2D eigenvalue weighted by Gasteiger charge is 2.26. The van der Waals surface area contributed by atoms with Crippen LogP contribution in [0.5, 0.6) is 0 Å². The van der Waals surface area contributed by atoms with Gasteiger partial charge in [0, 0.05) is 36.8 Å². The van der Waals surface area contributed by atoms with Crippen LogP contribution < -0.4 is 5.32 Å². The van der Waals surface area contributed by atoms with Gasteiger partial charge < -0.3 is 5.32 Å². The van der Waals surface area contributed by atoms with Gasteiger partial charge in [0.25, 0.3) is 0 Å². The van der Waals surface area contributed by atoms with Crippen LogP contribution in [0.1, 0.15) is 32.3 Å². The van der Waals surface area contributed by atoms with Crippen molar-refractivity contribution in [2.24, 2.45) is 5.92 Å². The van der Waals surface area contributed by atoms with Crippen LogP contribution in [-0.4, -0.2) is 49.7 Å². The summed E-state index contributed by atoms with van der Waals surface area (Å²) < 4.78 is 40.4. The molecule has 1 aliphatic heterocycles. The zero-order valence-corrected chi connectivity index (χ0v) is 18.9. The Hall–Kier alpha value is -2.29. The molecule has 1 saturated heterocycles. The van der Waals surface area contributed by atoms with Gasteiger partial charge in [-0.1, -0.05) is 32.0 Å². The van der Waals surface area contributed by atoms with Crippen molar-refractivity contribution in [1.29, 1.82) is 0 Å². The lowest BCUT2D eigenvalue weighted by atomic mass is 9.95. The normalized spacial score (nSPS) is 15.9. The van der Waals surface area contributed by atoms with Crippen LogP contribution in [0.15, 0.2) is 53.4 Å². The van der Waals surface area contributed by atoms with Crippen molar-refractivity contribution in [2.45, 2.75) is 38.1 Å². The summed E-state index contributed by atoms with van der Waals surface area (Å²) in [6.07, 6.45) is 1.41. The number of nitrogens with one attached hydrogen (secondary N) is 1. The Morgan fingerprint density at radius 1 is 1.06 bits per heavy atom. The highest BCUT2D eigenvalue weighted by molar-refractivity contribution is 7.89. The van der Waals surface area contributed by atoms with Crippen molar-refractivity contribution in [1.82, 2.24) is 9.21 Å². The first-order chi connectivity index (χ1) is 14.8. The second-order valence-corrected chi connectivity index (χ2v) is 9.68. The minimum Gasteiger partial charge on any atom is -0.326 e. The van der Waals surface area contributed by atoms with Crippen LogP contribution in [0.2, 0.25) is 0 Å². The number of carbonyl (C=O) groups excluding carboxylic acids is 1. The number of piperidine rings is 1. The van der Waals surface area contributed by atoms with E-state index in [4.69, 9.17) is 0 Å². The van der Waals surface area contributed by atoms with Crippen LogP contribution in [0.3, 0.4) is 0 Å². The molecular weight excluding hydrogens is 417 g/mol. The predicted octanol–water partition coefficient (Wildman–Crippen LogP) is 3.71. The van der Waals surface area contributed by atoms with Gasteiger partial charge in [-0.05, 0) is 56.3 Å². The van der Waals surface area contributed by atoms with Gasteiger partial charge in [-0.2, -0.15) is 4.31 Å². The van der Waals surface area contributed by atoms with Crippen LogP contribution in [0.4, 0.5) is 10.1 Å². The number of hydrogen-bond acceptors (Lipinski definition) is 4. The van der Waals surface area contributed by atoms with Crippen molar-refractivity contribution >= 4 is 21.6 Å². The summed E-state index contributed by atoms with van der Waals surface area (Å²) in [5.74, 6) is -0.380. The SMILES string of the molecule is CCN(CC)S(=O)(=O)c1ccc(NC(=O)C2CCN(Cc3ccccc3F)CC2)cc1. The van der Waals surface area contributed by atoms with Gasteiger partial charge in [0.2, 0.25) is 15.9 Å². The van der Waals surface area contributed by atoms with Crippen molar-refractivity contribution in [2.75, 3.05) is 31.5 Å². The lowest BCUT2D eigenvalue weighted by Gasteiger charge is -2.31. The topological polar surface area (TPSA) is 69.7 Å². The molecule has 0 unspecified atom stereocenters. The summed E-state index contributed by atoms with van der Waals surface area (Å²) in [6.45, 7) is 6.43. The van der Waals surface area contributed by atoms with Crippen LogP contribution in [0.25, 0.3) is 0 Å². The van der Waals surface area contributed by atoms with E-state index in [0.717, 1.165) is 13.1 Å². The van der Waals surface area contributed by atoms with Gasteiger partial charge in [0.05, 0.1) is 4.90 Å². The molecule has 168 valence electrons. The van der Waals surface area contributed by atoms with E-state index in [-0.39, 0.29) is 22.5 Å². The number of nitrogens with zero attached hydrogens (tertiary/aromatic N) is 2. The molecule has 6 nitrogen and oxygen atoms in total. The Kier molecular flexibility index (Phi) is 7.80. The van der Waals surface area contributed by atoms with Crippen LogP contribution >= 0.6 is 0 Å². The maximum absolute atomic E-state index is 13.8. The van der Waals surface area contributed by atoms with Crippen molar-refractivity contribution in [3.05, 3.63) is 59.9 Å². The van der Waals surface area contributed by atoms with Gasteiger partial charge in [0.1, 0.15) is 5.82 Å². The van der Waals surface area contributed by atoms with Crippen molar-refractivity contribution in [3.63, 3.8) is 0 Å². The number of hydrogen-bond donors (Lipinski definition) is 1. The Morgan fingerprint density at radius 2 is 1.68 bits per heavy atom. The average molecular weight is 448 g/mol. The summed E-state index contributed by atoms with van der Waals surface area (Å²) in [4.78, 5) is 15.0. The molecule has 8 heteroatoms. The summed E-state index contributed by atoms with van der Waals surface area (Å²) in [7, 11) is -3.51. The number of amides is 1. The number of anilines is 1. The molecule has 1 N–H and O–H groups in total. The van der Waals surface area contributed by atoms with E-state index in [9.17, 15) is 17.6 Å². The third-order valence-corrected chi connectivity index (χ3v) is 7.84. The number of sulfonamides is 1.